The van der Waals surface area contributed by atoms with E-state index in [-0.39, 0.29) is 5.56 Å². The summed E-state index contributed by atoms with van der Waals surface area (Å²) in [7, 11) is 0. The molecule has 5 nitrogen and oxygen atoms in total. The molecule has 0 amide bonds. The summed E-state index contributed by atoms with van der Waals surface area (Å²) in [5.74, 6) is 0.514. The number of H-pyrrole nitrogens is 1. The lowest BCUT2D eigenvalue weighted by atomic mass is 10.2. The Bertz CT molecular complexity index is 1380. The molecule has 0 aliphatic carbocycles. The van der Waals surface area contributed by atoms with Crippen LogP contribution in [0.2, 0.25) is 0 Å². The number of aromatic nitrogens is 3. The zero-order chi connectivity index (χ0) is 18.9. The molecule has 2 heterocycles. The number of hydrogen-bond donors (Lipinski definition) is 1. The molecule has 2 aromatic heterocycles. The van der Waals surface area contributed by atoms with E-state index in [1.165, 1.54) is 4.68 Å². The minimum atomic E-state index is -0.194. The van der Waals surface area contributed by atoms with Gasteiger partial charge in [-0.15, -0.1) is 0 Å². The van der Waals surface area contributed by atoms with E-state index in [9.17, 15) is 4.79 Å². The number of benzene rings is 3. The van der Waals surface area contributed by atoms with Crippen LogP contribution in [0, 0.1) is 0 Å². The average molecular weight is 364 g/mol. The molecule has 0 aliphatic rings. The van der Waals surface area contributed by atoms with Crippen molar-refractivity contribution in [2.24, 2.45) is 5.10 Å². The standard InChI is InChI=1S/C23H16N4O/c28-23-19-11-5-7-13-21(19)26-22(16-8-2-1-3-9-16)27(23)25-15-17-14-24-20-12-6-4-10-18(17)20/h1-15,24H/b25-15+. The molecule has 0 saturated heterocycles. The van der Waals surface area contributed by atoms with Gasteiger partial charge in [0.05, 0.1) is 17.1 Å². The van der Waals surface area contributed by atoms with Gasteiger partial charge in [0.1, 0.15) is 0 Å². The number of nitrogens with one attached hydrogen (secondary N) is 1. The van der Waals surface area contributed by atoms with Crippen molar-refractivity contribution in [1.82, 2.24) is 14.6 Å². The molecule has 28 heavy (non-hydrogen) atoms. The fourth-order valence-electron chi connectivity index (χ4n) is 3.33. The minimum Gasteiger partial charge on any atom is -0.361 e. The van der Waals surface area contributed by atoms with E-state index in [0.717, 1.165) is 22.0 Å². The van der Waals surface area contributed by atoms with Crippen LogP contribution in [0.25, 0.3) is 33.2 Å². The fraction of sp³-hybridized carbons (Fsp3) is 0. The van der Waals surface area contributed by atoms with E-state index in [1.54, 1.807) is 12.3 Å². The molecule has 0 spiro atoms. The summed E-state index contributed by atoms with van der Waals surface area (Å²) >= 11 is 0. The smallest absolute Gasteiger partial charge is 0.282 e. The van der Waals surface area contributed by atoms with Crippen LogP contribution in [-0.4, -0.2) is 20.9 Å². The number of para-hydroxylation sites is 2. The Morgan fingerprint density at radius 3 is 2.43 bits per heavy atom. The second kappa shape index (κ2) is 6.63. The lowest BCUT2D eigenvalue weighted by molar-refractivity contribution is 0.830. The Kier molecular flexibility index (Phi) is 3.84. The number of hydrogen-bond acceptors (Lipinski definition) is 3. The Balaban J connectivity index is 1.73. The van der Waals surface area contributed by atoms with Crippen molar-refractivity contribution in [1.29, 1.82) is 0 Å². The summed E-state index contributed by atoms with van der Waals surface area (Å²) in [6.07, 6.45) is 3.58. The van der Waals surface area contributed by atoms with Crippen molar-refractivity contribution in [3.05, 3.63) is 101 Å². The lowest BCUT2D eigenvalue weighted by Crippen LogP contribution is -2.20. The predicted octanol–water partition coefficient (Wildman–Crippen LogP) is 4.43. The Morgan fingerprint density at radius 1 is 0.857 bits per heavy atom. The molecule has 1 N–H and O–H groups in total. The summed E-state index contributed by atoms with van der Waals surface area (Å²) in [6, 6.07) is 24.9. The van der Waals surface area contributed by atoms with Crippen LogP contribution in [0.4, 0.5) is 0 Å². The first-order valence-electron chi connectivity index (χ1n) is 8.99. The molecular weight excluding hydrogens is 348 g/mol. The van der Waals surface area contributed by atoms with Crippen LogP contribution >= 0.6 is 0 Å². The second-order valence-electron chi connectivity index (χ2n) is 6.47. The number of aromatic amines is 1. The highest BCUT2D eigenvalue weighted by Crippen LogP contribution is 2.19. The van der Waals surface area contributed by atoms with Gasteiger partial charge in [0.15, 0.2) is 5.82 Å². The molecule has 3 aromatic carbocycles. The Morgan fingerprint density at radius 2 is 1.57 bits per heavy atom. The van der Waals surface area contributed by atoms with Crippen LogP contribution in [0.1, 0.15) is 5.56 Å². The van der Waals surface area contributed by atoms with E-state index in [4.69, 9.17) is 4.98 Å². The lowest BCUT2D eigenvalue weighted by Gasteiger charge is -2.09. The fourth-order valence-corrected chi connectivity index (χ4v) is 3.33. The Hall–Kier alpha value is -3.99. The number of nitrogens with zero attached hydrogens (tertiary/aromatic N) is 3. The summed E-state index contributed by atoms with van der Waals surface area (Å²) in [5.41, 5.74) is 3.23. The van der Waals surface area contributed by atoms with Crippen LogP contribution < -0.4 is 5.56 Å². The van der Waals surface area contributed by atoms with Crippen LogP contribution in [0.5, 0.6) is 0 Å². The van der Waals surface area contributed by atoms with Crippen molar-refractivity contribution in [3.63, 3.8) is 0 Å². The van der Waals surface area contributed by atoms with Crippen LogP contribution in [-0.2, 0) is 0 Å². The molecule has 5 rings (SSSR count). The van der Waals surface area contributed by atoms with Gasteiger partial charge in [-0.2, -0.15) is 9.78 Å². The van der Waals surface area contributed by atoms with Crippen LogP contribution in [0.15, 0.2) is 95.0 Å². The van der Waals surface area contributed by atoms with E-state index in [2.05, 4.69) is 10.1 Å². The SMILES string of the molecule is O=c1c2ccccc2nc(-c2ccccc2)n1/N=C/c1c[nH]c2ccccc12. The summed E-state index contributed by atoms with van der Waals surface area (Å²) in [6.45, 7) is 0. The first-order valence-corrected chi connectivity index (χ1v) is 8.99. The van der Waals surface area contributed by atoms with E-state index in [1.807, 2.05) is 79.0 Å². The topological polar surface area (TPSA) is 63.0 Å². The maximum absolute atomic E-state index is 13.1. The zero-order valence-corrected chi connectivity index (χ0v) is 14.9. The predicted molar refractivity (Wildman–Crippen MR) is 113 cm³/mol. The van der Waals surface area contributed by atoms with Gasteiger partial charge in [-0.25, -0.2) is 4.98 Å². The normalized spacial score (nSPS) is 11.6. The quantitative estimate of drug-likeness (QED) is 0.482. The number of rotatable bonds is 3. The van der Waals surface area contributed by atoms with Gasteiger partial charge in [0.25, 0.3) is 5.56 Å². The molecule has 0 unspecified atom stereocenters. The van der Waals surface area contributed by atoms with E-state index >= 15 is 0 Å². The highest BCUT2D eigenvalue weighted by atomic mass is 16.1. The van der Waals surface area contributed by atoms with E-state index in [0.29, 0.717) is 16.7 Å². The van der Waals surface area contributed by atoms with Crippen molar-refractivity contribution in [2.45, 2.75) is 0 Å². The third kappa shape index (κ3) is 2.70. The van der Waals surface area contributed by atoms with E-state index < -0.39 is 0 Å². The largest absolute Gasteiger partial charge is 0.361 e. The summed E-state index contributed by atoms with van der Waals surface area (Å²) in [4.78, 5) is 21.1. The molecule has 0 bridgehead atoms. The van der Waals surface area contributed by atoms with Crippen molar-refractivity contribution >= 4 is 28.0 Å². The molecule has 0 fully saturated rings. The van der Waals surface area contributed by atoms with Crippen molar-refractivity contribution in [3.8, 4) is 11.4 Å². The van der Waals surface area contributed by atoms with Crippen molar-refractivity contribution in [2.75, 3.05) is 0 Å². The molecule has 0 atom stereocenters. The third-order valence-electron chi connectivity index (χ3n) is 4.72. The minimum absolute atomic E-state index is 0.194. The van der Waals surface area contributed by atoms with Crippen molar-refractivity contribution < 1.29 is 0 Å². The molecule has 0 aliphatic heterocycles. The molecule has 0 radical (unpaired) electrons. The van der Waals surface area contributed by atoms with Gasteiger partial charge in [0, 0.05) is 28.2 Å². The summed E-state index contributed by atoms with van der Waals surface area (Å²) < 4.78 is 1.37. The molecule has 0 saturated carbocycles. The highest BCUT2D eigenvalue weighted by Gasteiger charge is 2.12. The van der Waals surface area contributed by atoms with Gasteiger partial charge in [0.2, 0.25) is 0 Å². The zero-order valence-electron chi connectivity index (χ0n) is 14.9. The van der Waals surface area contributed by atoms with Gasteiger partial charge in [-0.1, -0.05) is 60.7 Å². The monoisotopic (exact) mass is 364 g/mol. The first kappa shape index (κ1) is 16.2. The first-order chi connectivity index (χ1) is 13.8. The highest BCUT2D eigenvalue weighted by molar-refractivity contribution is 5.99. The molecule has 5 heteroatoms. The second-order valence-corrected chi connectivity index (χ2v) is 6.47. The average Bonchev–Trinajstić information content (AvgIpc) is 3.17. The third-order valence-corrected chi connectivity index (χ3v) is 4.72. The summed E-state index contributed by atoms with van der Waals surface area (Å²) in [5, 5.41) is 6.11. The maximum Gasteiger partial charge on any atom is 0.282 e. The van der Waals surface area contributed by atoms with Gasteiger partial charge in [-0.05, 0) is 18.2 Å². The van der Waals surface area contributed by atoms with Crippen LogP contribution in [0.3, 0.4) is 0 Å². The van der Waals surface area contributed by atoms with Gasteiger partial charge in [-0.3, -0.25) is 4.79 Å². The maximum atomic E-state index is 13.1. The number of fused-ring (bicyclic) bond motifs is 2. The molecule has 5 aromatic rings. The molecular formula is C23H16N4O. The molecule has 134 valence electrons. The Labute approximate surface area is 160 Å². The van der Waals surface area contributed by atoms with Gasteiger partial charge < -0.3 is 4.98 Å². The van der Waals surface area contributed by atoms with Gasteiger partial charge >= 0.3 is 0 Å².